The van der Waals surface area contributed by atoms with Crippen molar-refractivity contribution in [1.82, 2.24) is 15.1 Å². The van der Waals surface area contributed by atoms with E-state index < -0.39 is 0 Å². The summed E-state index contributed by atoms with van der Waals surface area (Å²) in [6.45, 7) is 9.42. The van der Waals surface area contributed by atoms with Gasteiger partial charge in [0.1, 0.15) is 5.75 Å². The average Bonchev–Trinajstić information content (AvgIpc) is 2.85. The van der Waals surface area contributed by atoms with Gasteiger partial charge in [0, 0.05) is 45.9 Å². The average molecular weight is 525 g/mol. The molecule has 0 unspecified atom stereocenters. The monoisotopic (exact) mass is 524 g/mol. The van der Waals surface area contributed by atoms with Gasteiger partial charge in [0.05, 0.1) is 40.5 Å². The Morgan fingerprint density at radius 3 is 2.57 bits per heavy atom. The summed E-state index contributed by atoms with van der Waals surface area (Å²) in [4.78, 5) is 19.0. The number of thiocarbonyl (C=S) groups is 1. The van der Waals surface area contributed by atoms with Crippen molar-refractivity contribution in [3.63, 3.8) is 0 Å². The number of hydrogen-bond acceptors (Lipinski definition) is 6. The number of halogens is 1. The number of piperidine rings is 2. The minimum Gasteiger partial charge on any atom is -0.496 e. The van der Waals surface area contributed by atoms with Crippen molar-refractivity contribution in [2.24, 2.45) is 11.8 Å². The third-order valence-electron chi connectivity index (χ3n) is 7.25. The number of nitrogens with zero attached hydrogens (tertiary/aromatic N) is 2. The number of nitrogens with two attached hydrogens (primary N) is 1. The van der Waals surface area contributed by atoms with Gasteiger partial charge in [-0.15, -0.1) is 0 Å². The van der Waals surface area contributed by atoms with E-state index in [-0.39, 0.29) is 18.1 Å². The molecule has 0 saturated carbocycles. The molecule has 0 aromatic heterocycles. The first-order valence-corrected chi connectivity index (χ1v) is 13.5. The maximum Gasteiger partial charge on any atom is 0.255 e. The summed E-state index contributed by atoms with van der Waals surface area (Å²) in [6, 6.07) is 3.06. The Bertz CT molecular complexity index is 876. The molecular formula is C26H41ClN4O3S. The Morgan fingerprint density at radius 2 is 1.94 bits per heavy atom. The first kappa shape index (κ1) is 28.0. The highest BCUT2D eigenvalue weighted by Gasteiger charge is 2.33. The van der Waals surface area contributed by atoms with Crippen LogP contribution in [0.3, 0.4) is 0 Å². The van der Waals surface area contributed by atoms with Crippen LogP contribution in [0.1, 0.15) is 56.3 Å². The molecule has 2 aliphatic heterocycles. The molecule has 1 aromatic carbocycles. The maximum absolute atomic E-state index is 13.0. The summed E-state index contributed by atoms with van der Waals surface area (Å²) in [5, 5.41) is 3.46. The van der Waals surface area contributed by atoms with Gasteiger partial charge in [0.25, 0.3) is 5.91 Å². The summed E-state index contributed by atoms with van der Waals surface area (Å²) < 4.78 is 11.1. The van der Waals surface area contributed by atoms with Crippen LogP contribution in [0.5, 0.6) is 5.75 Å². The minimum atomic E-state index is -0.231. The standard InChI is InChI=1S/C26H41ClN4O3S/c1-17(2)5-6-25(35)31-11-7-18(8-12-31)15-30-10-9-22(24(16-30)34-4)29-26(32)19-13-20(27)21(28)14-23(19)33-3/h13-14,17-18,22,24H,5-12,15-16,28H2,1-4H3,(H,29,32)/t22-,24+/m1/s1. The number of anilines is 1. The Morgan fingerprint density at radius 1 is 1.23 bits per heavy atom. The van der Waals surface area contributed by atoms with Gasteiger partial charge in [0.2, 0.25) is 0 Å². The number of ether oxygens (including phenoxy) is 2. The van der Waals surface area contributed by atoms with Crippen LogP contribution in [0.25, 0.3) is 0 Å². The molecule has 2 atom stereocenters. The fourth-order valence-corrected chi connectivity index (χ4v) is 5.48. The Labute approximate surface area is 220 Å². The smallest absolute Gasteiger partial charge is 0.255 e. The molecule has 0 radical (unpaired) electrons. The van der Waals surface area contributed by atoms with Gasteiger partial charge in [-0.1, -0.05) is 37.7 Å². The second-order valence-electron chi connectivity index (χ2n) is 10.2. The number of carbonyl (C=O) groups excluding carboxylic acids is 1. The predicted molar refractivity (Wildman–Crippen MR) is 146 cm³/mol. The normalized spacial score (nSPS) is 21.8. The molecular weight excluding hydrogens is 484 g/mol. The van der Waals surface area contributed by atoms with E-state index in [0.717, 1.165) is 50.6 Å². The summed E-state index contributed by atoms with van der Waals surface area (Å²) in [7, 11) is 3.23. The second kappa shape index (κ2) is 13.1. The lowest BCUT2D eigenvalue weighted by Crippen LogP contribution is -2.55. The SMILES string of the molecule is COc1cc(N)c(Cl)cc1C(=O)N[C@@H]1CCN(CC2CCN(C(=S)CCC(C)C)CC2)C[C@@H]1OC. The van der Waals surface area contributed by atoms with Gasteiger partial charge >= 0.3 is 0 Å². The van der Waals surface area contributed by atoms with Crippen LogP contribution in [-0.4, -0.2) is 79.8 Å². The highest BCUT2D eigenvalue weighted by Crippen LogP contribution is 2.29. The lowest BCUT2D eigenvalue weighted by molar-refractivity contribution is -0.000287. The fourth-order valence-electron chi connectivity index (χ4n) is 5.01. The van der Waals surface area contributed by atoms with Crippen LogP contribution in [0.2, 0.25) is 5.02 Å². The summed E-state index contributed by atoms with van der Waals surface area (Å²) in [5.41, 5.74) is 6.61. The molecule has 3 rings (SSSR count). The van der Waals surface area contributed by atoms with Crippen LogP contribution in [0, 0.1) is 11.8 Å². The van der Waals surface area contributed by atoms with Crippen molar-refractivity contribution < 1.29 is 14.3 Å². The van der Waals surface area contributed by atoms with Crippen LogP contribution < -0.4 is 15.8 Å². The van der Waals surface area contributed by atoms with Gasteiger partial charge in [-0.2, -0.15) is 0 Å². The number of likely N-dealkylation sites (tertiary alicyclic amines) is 2. The van der Waals surface area contributed by atoms with Crippen molar-refractivity contribution in [3.8, 4) is 5.75 Å². The molecule has 2 saturated heterocycles. The molecule has 2 fully saturated rings. The van der Waals surface area contributed by atoms with Crippen molar-refractivity contribution in [3.05, 3.63) is 22.7 Å². The number of rotatable bonds is 9. The number of nitrogens with one attached hydrogen (secondary N) is 1. The number of hydrogen-bond donors (Lipinski definition) is 2. The number of methoxy groups -OCH3 is 2. The summed E-state index contributed by atoms with van der Waals surface area (Å²) in [5.74, 6) is 1.54. The number of carbonyl (C=O) groups is 1. The van der Waals surface area contributed by atoms with E-state index in [0.29, 0.717) is 33.9 Å². The van der Waals surface area contributed by atoms with Crippen molar-refractivity contribution in [2.75, 3.05) is 52.7 Å². The molecule has 2 aliphatic rings. The van der Waals surface area contributed by atoms with E-state index in [2.05, 4.69) is 29.0 Å². The molecule has 9 heteroatoms. The zero-order chi connectivity index (χ0) is 25.5. The van der Waals surface area contributed by atoms with Crippen molar-refractivity contribution >= 4 is 40.4 Å². The Hall–Kier alpha value is -1.61. The molecule has 1 amide bonds. The Kier molecular flexibility index (Phi) is 10.5. The van der Waals surface area contributed by atoms with Gasteiger partial charge in [-0.25, -0.2) is 0 Å². The number of amides is 1. The molecule has 3 N–H and O–H groups in total. The van der Waals surface area contributed by atoms with Gasteiger partial charge in [-0.3, -0.25) is 4.79 Å². The summed E-state index contributed by atoms with van der Waals surface area (Å²) in [6.07, 6.45) is 5.29. The highest BCUT2D eigenvalue weighted by atomic mass is 35.5. The highest BCUT2D eigenvalue weighted by molar-refractivity contribution is 7.80. The topological polar surface area (TPSA) is 80.1 Å². The largest absolute Gasteiger partial charge is 0.496 e. The van der Waals surface area contributed by atoms with E-state index in [1.54, 1.807) is 19.2 Å². The van der Waals surface area contributed by atoms with Gasteiger partial charge < -0.3 is 30.3 Å². The zero-order valence-electron chi connectivity index (χ0n) is 21.5. The number of nitrogen functional groups attached to an aromatic ring is 1. The van der Waals surface area contributed by atoms with E-state index in [1.807, 2.05) is 0 Å². The Balaban J connectivity index is 1.49. The minimum absolute atomic E-state index is 0.0772. The fraction of sp³-hybridized carbons (Fsp3) is 0.692. The maximum atomic E-state index is 13.0. The van der Waals surface area contributed by atoms with E-state index in [4.69, 9.17) is 39.0 Å². The van der Waals surface area contributed by atoms with Gasteiger partial charge in [0.15, 0.2) is 0 Å². The zero-order valence-corrected chi connectivity index (χ0v) is 23.1. The van der Waals surface area contributed by atoms with E-state index >= 15 is 0 Å². The van der Waals surface area contributed by atoms with Crippen molar-refractivity contribution in [2.45, 2.75) is 58.1 Å². The first-order valence-electron chi connectivity index (χ1n) is 12.7. The molecule has 1 aromatic rings. The van der Waals surface area contributed by atoms with E-state index in [9.17, 15) is 4.79 Å². The lowest BCUT2D eigenvalue weighted by Gasteiger charge is -2.41. The van der Waals surface area contributed by atoms with Crippen LogP contribution in [-0.2, 0) is 4.74 Å². The quantitative estimate of drug-likeness (QED) is 0.369. The molecule has 0 spiro atoms. The third-order valence-corrected chi connectivity index (χ3v) is 8.03. The molecule has 0 aliphatic carbocycles. The van der Waals surface area contributed by atoms with Crippen molar-refractivity contribution in [1.29, 1.82) is 0 Å². The van der Waals surface area contributed by atoms with Crippen LogP contribution in [0.4, 0.5) is 5.69 Å². The number of benzene rings is 1. The molecule has 0 bridgehead atoms. The molecule has 2 heterocycles. The lowest BCUT2D eigenvalue weighted by atomic mass is 9.93. The summed E-state index contributed by atoms with van der Waals surface area (Å²) >= 11 is 11.8. The molecule has 196 valence electrons. The molecule has 35 heavy (non-hydrogen) atoms. The molecule has 7 nitrogen and oxygen atoms in total. The van der Waals surface area contributed by atoms with E-state index in [1.165, 1.54) is 26.4 Å². The third kappa shape index (κ3) is 7.68. The first-order chi connectivity index (χ1) is 16.7. The predicted octanol–water partition coefficient (Wildman–Crippen LogP) is 4.23. The van der Waals surface area contributed by atoms with Crippen LogP contribution >= 0.6 is 23.8 Å². The second-order valence-corrected chi connectivity index (χ2v) is 11.1. The van der Waals surface area contributed by atoms with Gasteiger partial charge in [-0.05, 0) is 50.0 Å². The van der Waals surface area contributed by atoms with Crippen LogP contribution in [0.15, 0.2) is 12.1 Å².